The second-order valence-electron chi connectivity index (χ2n) is 10.4. The van der Waals surface area contributed by atoms with Gasteiger partial charge in [0.1, 0.15) is 0 Å². The van der Waals surface area contributed by atoms with E-state index in [1.165, 1.54) is 51.4 Å². The van der Waals surface area contributed by atoms with Gasteiger partial charge >= 0.3 is 0 Å². The maximum Gasteiger partial charge on any atom is 0.0599 e. The second-order valence-corrected chi connectivity index (χ2v) is 10.4. The molecule has 6 atom stereocenters. The van der Waals surface area contributed by atoms with Gasteiger partial charge < -0.3 is 5.11 Å². The Hall–Kier alpha value is -0.0400. The Bertz CT molecular complexity index is 455. The lowest BCUT2D eigenvalue weighted by Gasteiger charge is -2.64. The van der Waals surface area contributed by atoms with E-state index in [1.54, 1.807) is 0 Å². The van der Waals surface area contributed by atoms with E-state index < -0.39 is 0 Å². The molecule has 0 aromatic rings. The monoisotopic (exact) mass is 290 g/mol. The van der Waals surface area contributed by atoms with Crippen LogP contribution in [0.1, 0.15) is 85.5 Å². The fourth-order valence-electron chi connectivity index (χ4n) is 8.06. The Morgan fingerprint density at radius 1 is 0.857 bits per heavy atom. The van der Waals surface area contributed by atoms with Gasteiger partial charge in [0.05, 0.1) is 6.10 Å². The highest BCUT2D eigenvalue weighted by atomic mass is 16.3. The van der Waals surface area contributed by atoms with E-state index >= 15 is 0 Å². The van der Waals surface area contributed by atoms with Crippen molar-refractivity contribution in [1.82, 2.24) is 0 Å². The van der Waals surface area contributed by atoms with E-state index in [1.807, 2.05) is 0 Å². The van der Waals surface area contributed by atoms with Crippen LogP contribution >= 0.6 is 0 Å². The Kier molecular flexibility index (Phi) is 2.82. The predicted molar refractivity (Wildman–Crippen MR) is 87.0 cm³/mol. The minimum absolute atomic E-state index is 0.0285. The molecule has 0 radical (unpaired) electrons. The van der Waals surface area contributed by atoms with Crippen LogP contribution in [0, 0.1) is 33.5 Å². The first-order valence-electron chi connectivity index (χ1n) is 9.40. The molecule has 4 rings (SSSR count). The summed E-state index contributed by atoms with van der Waals surface area (Å²) in [7, 11) is 0. The van der Waals surface area contributed by atoms with E-state index in [9.17, 15) is 5.11 Å². The third-order valence-electron chi connectivity index (χ3n) is 8.91. The van der Waals surface area contributed by atoms with E-state index in [2.05, 4.69) is 27.7 Å². The van der Waals surface area contributed by atoms with Crippen molar-refractivity contribution in [2.75, 3.05) is 0 Å². The molecule has 0 saturated heterocycles. The van der Waals surface area contributed by atoms with Crippen LogP contribution in [0.5, 0.6) is 0 Å². The van der Waals surface area contributed by atoms with Crippen molar-refractivity contribution in [2.24, 2.45) is 33.5 Å². The Labute approximate surface area is 130 Å². The van der Waals surface area contributed by atoms with Gasteiger partial charge in [0.25, 0.3) is 0 Å². The molecule has 0 amide bonds. The zero-order chi connectivity index (χ0) is 15.1. The summed E-state index contributed by atoms with van der Waals surface area (Å²) in [5.41, 5.74) is 1.81. The molecule has 1 heteroatoms. The molecule has 21 heavy (non-hydrogen) atoms. The van der Waals surface area contributed by atoms with Crippen LogP contribution in [0.15, 0.2) is 0 Å². The molecule has 120 valence electrons. The molecule has 0 unspecified atom stereocenters. The Morgan fingerprint density at radius 2 is 1.57 bits per heavy atom. The zero-order valence-electron chi connectivity index (χ0n) is 14.5. The first-order chi connectivity index (χ1) is 9.72. The summed E-state index contributed by atoms with van der Waals surface area (Å²) in [5.74, 6) is 1.80. The van der Waals surface area contributed by atoms with Crippen LogP contribution < -0.4 is 0 Å². The van der Waals surface area contributed by atoms with Crippen molar-refractivity contribution in [3.63, 3.8) is 0 Å². The fourth-order valence-corrected chi connectivity index (χ4v) is 8.06. The van der Waals surface area contributed by atoms with E-state index in [0.717, 1.165) is 18.3 Å². The van der Waals surface area contributed by atoms with Gasteiger partial charge in [0, 0.05) is 0 Å². The van der Waals surface area contributed by atoms with Crippen molar-refractivity contribution in [3.8, 4) is 0 Å². The number of fused-ring (bicyclic) bond motifs is 3. The standard InChI is InChI=1S/C20H34O/c1-17(2)8-5-9-19(4)14(17)7-11-20-12-16(21)18(3,13-20)10-6-15(19)20/h14-16,21H,5-13H2,1-4H3/t14-,15+,16+,18-,19-,20+/m1/s1. The molecule has 0 aromatic heterocycles. The minimum Gasteiger partial charge on any atom is -0.393 e. The Morgan fingerprint density at radius 3 is 2.33 bits per heavy atom. The molecule has 0 heterocycles. The molecule has 4 saturated carbocycles. The van der Waals surface area contributed by atoms with E-state index in [4.69, 9.17) is 0 Å². The molecular formula is C20H34O. The first kappa shape index (κ1) is 14.5. The highest BCUT2D eigenvalue weighted by Gasteiger charge is 2.66. The van der Waals surface area contributed by atoms with Crippen LogP contribution in [0.4, 0.5) is 0 Å². The van der Waals surface area contributed by atoms with Gasteiger partial charge in [-0.05, 0) is 84.9 Å². The van der Waals surface area contributed by atoms with Gasteiger partial charge in [-0.3, -0.25) is 0 Å². The van der Waals surface area contributed by atoms with Gasteiger partial charge in [-0.2, -0.15) is 0 Å². The molecule has 4 fully saturated rings. The van der Waals surface area contributed by atoms with Crippen molar-refractivity contribution in [1.29, 1.82) is 0 Å². The Balaban J connectivity index is 1.73. The summed E-state index contributed by atoms with van der Waals surface area (Å²) >= 11 is 0. The van der Waals surface area contributed by atoms with Crippen molar-refractivity contribution < 1.29 is 5.11 Å². The number of aliphatic hydroxyl groups excluding tert-OH is 1. The van der Waals surface area contributed by atoms with Crippen molar-refractivity contribution in [2.45, 2.75) is 91.6 Å². The third kappa shape index (κ3) is 1.73. The summed E-state index contributed by atoms with van der Waals surface area (Å²) in [6.45, 7) is 10.1. The zero-order valence-corrected chi connectivity index (χ0v) is 14.5. The summed E-state index contributed by atoms with van der Waals surface area (Å²) < 4.78 is 0. The third-order valence-corrected chi connectivity index (χ3v) is 8.91. The van der Waals surface area contributed by atoms with Crippen LogP contribution in [-0.2, 0) is 0 Å². The summed E-state index contributed by atoms with van der Waals surface area (Å²) in [4.78, 5) is 0. The van der Waals surface area contributed by atoms with Crippen LogP contribution in [-0.4, -0.2) is 11.2 Å². The van der Waals surface area contributed by atoms with Gasteiger partial charge in [0.2, 0.25) is 0 Å². The molecule has 4 aliphatic rings. The molecule has 1 spiro atoms. The summed E-state index contributed by atoms with van der Waals surface area (Å²) in [6.07, 6.45) is 12.2. The smallest absolute Gasteiger partial charge is 0.0599 e. The number of rotatable bonds is 0. The minimum atomic E-state index is -0.0285. The van der Waals surface area contributed by atoms with Gasteiger partial charge in [-0.15, -0.1) is 0 Å². The summed E-state index contributed by atoms with van der Waals surface area (Å²) in [6, 6.07) is 0. The number of hydrogen-bond acceptors (Lipinski definition) is 1. The SMILES string of the molecule is CC1(C)CCC[C@]2(C)[C@@H]1CC[C@@]13C[C@H](O)[C@](C)(CC[C@H]12)C3. The first-order valence-corrected chi connectivity index (χ1v) is 9.40. The molecule has 0 aromatic carbocycles. The van der Waals surface area contributed by atoms with Crippen LogP contribution in [0.2, 0.25) is 0 Å². The molecule has 0 aliphatic heterocycles. The highest BCUT2D eigenvalue weighted by Crippen LogP contribution is 2.73. The lowest BCUT2D eigenvalue weighted by molar-refractivity contribution is -0.149. The number of aliphatic hydroxyl groups is 1. The van der Waals surface area contributed by atoms with Crippen LogP contribution in [0.3, 0.4) is 0 Å². The lowest BCUT2D eigenvalue weighted by atomic mass is 9.40. The van der Waals surface area contributed by atoms with E-state index in [-0.39, 0.29) is 11.5 Å². The van der Waals surface area contributed by atoms with Gasteiger partial charge in [-0.1, -0.05) is 34.1 Å². The normalized spacial score (nSPS) is 58.4. The average molecular weight is 290 g/mol. The molecule has 1 nitrogen and oxygen atoms in total. The van der Waals surface area contributed by atoms with Crippen LogP contribution in [0.25, 0.3) is 0 Å². The maximum atomic E-state index is 10.7. The molecule has 1 N–H and O–H groups in total. The number of hydrogen-bond donors (Lipinski definition) is 1. The maximum absolute atomic E-state index is 10.7. The highest BCUT2D eigenvalue weighted by molar-refractivity contribution is 5.15. The quantitative estimate of drug-likeness (QED) is 0.652. The summed E-state index contributed by atoms with van der Waals surface area (Å²) in [5, 5.41) is 10.7. The average Bonchev–Trinajstić information content (AvgIpc) is 2.54. The molecule has 4 aliphatic carbocycles. The van der Waals surface area contributed by atoms with Gasteiger partial charge in [-0.25, -0.2) is 0 Å². The van der Waals surface area contributed by atoms with E-state index in [0.29, 0.717) is 16.2 Å². The molecular weight excluding hydrogens is 256 g/mol. The topological polar surface area (TPSA) is 20.2 Å². The fraction of sp³-hybridized carbons (Fsp3) is 1.00. The molecule has 2 bridgehead atoms. The largest absolute Gasteiger partial charge is 0.393 e. The van der Waals surface area contributed by atoms with Crippen molar-refractivity contribution in [3.05, 3.63) is 0 Å². The predicted octanol–water partition coefficient (Wildman–Crippen LogP) is 5.17. The lowest BCUT2D eigenvalue weighted by Crippen LogP contribution is -2.56. The van der Waals surface area contributed by atoms with Gasteiger partial charge in [0.15, 0.2) is 0 Å². The van der Waals surface area contributed by atoms with Crippen molar-refractivity contribution >= 4 is 0 Å². The second kappa shape index (κ2) is 4.08.